The van der Waals surface area contributed by atoms with Gasteiger partial charge in [0.05, 0.1) is 5.52 Å². The lowest BCUT2D eigenvalue weighted by Crippen LogP contribution is -2.13. The fourth-order valence-corrected chi connectivity index (χ4v) is 3.54. The van der Waals surface area contributed by atoms with Crippen LogP contribution >= 0.6 is 8.10 Å². The zero-order valence-electron chi connectivity index (χ0n) is 8.83. The Bertz CT molecular complexity index is 532. The lowest BCUT2D eigenvalue weighted by molar-refractivity contribution is 0.481. The van der Waals surface area contributed by atoms with Crippen LogP contribution in [0.1, 0.15) is 12.8 Å². The molecule has 1 fully saturated rings. The van der Waals surface area contributed by atoms with Crippen molar-refractivity contribution in [3.8, 4) is 0 Å². The molecular formula is C10H13N4OP. The van der Waals surface area contributed by atoms with Gasteiger partial charge in [-0.25, -0.2) is 4.67 Å². The summed E-state index contributed by atoms with van der Waals surface area (Å²) in [6.45, 7) is 1.82. The molecule has 2 aromatic rings. The van der Waals surface area contributed by atoms with E-state index < -0.39 is 8.10 Å². The molecule has 1 aromatic heterocycles. The van der Waals surface area contributed by atoms with Crippen molar-refractivity contribution in [2.45, 2.75) is 12.8 Å². The summed E-state index contributed by atoms with van der Waals surface area (Å²) >= 11 is 0. The second-order valence-corrected chi connectivity index (χ2v) is 5.59. The maximum absolute atomic E-state index is 12.3. The molecular weight excluding hydrogens is 223 g/mol. The van der Waals surface area contributed by atoms with Crippen LogP contribution in [0.3, 0.4) is 0 Å². The average molecular weight is 236 g/mol. The molecule has 1 aromatic carbocycles. The Kier molecular flexibility index (Phi) is 2.50. The van der Waals surface area contributed by atoms with Crippen molar-refractivity contribution in [1.29, 1.82) is 0 Å². The van der Waals surface area contributed by atoms with E-state index in [2.05, 4.69) is 10.3 Å². The second-order valence-electron chi connectivity index (χ2n) is 3.97. The zero-order valence-corrected chi connectivity index (χ0v) is 9.83. The molecule has 0 amide bonds. The molecule has 1 unspecified atom stereocenters. The Hall–Kier alpha value is -1.19. The van der Waals surface area contributed by atoms with E-state index in [1.807, 2.05) is 28.9 Å². The molecule has 0 radical (unpaired) electrons. The van der Waals surface area contributed by atoms with Gasteiger partial charge in [-0.15, -0.1) is 5.10 Å². The minimum atomic E-state index is -2.00. The molecule has 0 saturated carbocycles. The van der Waals surface area contributed by atoms with Gasteiger partial charge in [-0.2, -0.15) is 4.45 Å². The first kappa shape index (κ1) is 10.00. The van der Waals surface area contributed by atoms with Gasteiger partial charge in [0.25, 0.3) is 0 Å². The molecule has 0 bridgehead atoms. The number of aromatic nitrogens is 3. The van der Waals surface area contributed by atoms with Gasteiger partial charge < -0.3 is 0 Å². The molecule has 0 spiro atoms. The van der Waals surface area contributed by atoms with E-state index in [1.165, 1.54) is 0 Å². The quantitative estimate of drug-likeness (QED) is 0.745. The Morgan fingerprint density at radius 1 is 1.19 bits per heavy atom. The van der Waals surface area contributed by atoms with Crippen LogP contribution in [0.4, 0.5) is 0 Å². The molecule has 1 saturated heterocycles. The molecule has 2 heterocycles. The molecule has 1 aliphatic rings. The smallest absolute Gasteiger partial charge is 0.249 e. The van der Waals surface area contributed by atoms with Gasteiger partial charge in [-0.05, 0) is 25.0 Å². The SMILES string of the molecule is O=[PH](N1CCCC1)n1nnc2ccccc21. The summed E-state index contributed by atoms with van der Waals surface area (Å²) in [5.74, 6) is 0. The Morgan fingerprint density at radius 2 is 1.94 bits per heavy atom. The molecule has 16 heavy (non-hydrogen) atoms. The predicted molar refractivity (Wildman–Crippen MR) is 62.7 cm³/mol. The van der Waals surface area contributed by atoms with Crippen molar-refractivity contribution >= 4 is 19.1 Å². The third-order valence-corrected chi connectivity index (χ3v) is 4.59. The third-order valence-electron chi connectivity index (χ3n) is 2.91. The molecule has 0 aliphatic carbocycles. The van der Waals surface area contributed by atoms with Crippen LogP contribution < -0.4 is 0 Å². The maximum atomic E-state index is 12.3. The molecule has 84 valence electrons. The summed E-state index contributed by atoms with van der Waals surface area (Å²) < 4.78 is 15.9. The Morgan fingerprint density at radius 3 is 2.75 bits per heavy atom. The lowest BCUT2D eigenvalue weighted by atomic mass is 10.3. The van der Waals surface area contributed by atoms with Crippen molar-refractivity contribution < 1.29 is 4.57 Å². The predicted octanol–water partition coefficient (Wildman–Crippen LogP) is 1.76. The minimum absolute atomic E-state index is 0.806. The van der Waals surface area contributed by atoms with Crippen LogP contribution in [0.15, 0.2) is 24.3 Å². The highest BCUT2D eigenvalue weighted by Crippen LogP contribution is 2.34. The summed E-state index contributed by atoms with van der Waals surface area (Å²) in [4.78, 5) is 0. The summed E-state index contributed by atoms with van der Waals surface area (Å²) in [6.07, 6.45) is 2.26. The van der Waals surface area contributed by atoms with E-state index in [0.717, 1.165) is 37.0 Å². The molecule has 1 aliphatic heterocycles. The first-order valence-corrected chi connectivity index (χ1v) is 6.76. The highest BCUT2D eigenvalue weighted by Gasteiger charge is 2.20. The summed E-state index contributed by atoms with van der Waals surface area (Å²) in [5, 5.41) is 8.02. The van der Waals surface area contributed by atoms with Crippen LogP contribution in [-0.2, 0) is 4.57 Å². The number of para-hydroxylation sites is 1. The highest BCUT2D eigenvalue weighted by atomic mass is 31.1. The molecule has 1 atom stereocenters. The summed E-state index contributed by atoms with van der Waals surface area (Å²) in [7, 11) is -2.00. The number of hydrogen-bond acceptors (Lipinski definition) is 3. The molecule has 5 nitrogen and oxygen atoms in total. The van der Waals surface area contributed by atoms with Crippen molar-refractivity contribution in [2.75, 3.05) is 13.1 Å². The van der Waals surface area contributed by atoms with E-state index in [9.17, 15) is 4.57 Å². The number of hydrogen-bond donors (Lipinski definition) is 0. The third kappa shape index (κ3) is 1.56. The number of nitrogens with zero attached hydrogens (tertiary/aromatic N) is 4. The van der Waals surface area contributed by atoms with Crippen molar-refractivity contribution in [3.05, 3.63) is 24.3 Å². The Balaban J connectivity index is 2.02. The van der Waals surface area contributed by atoms with Crippen LogP contribution in [0.5, 0.6) is 0 Å². The largest absolute Gasteiger partial charge is 0.284 e. The normalized spacial score (nSPS) is 19.2. The van der Waals surface area contributed by atoms with Gasteiger partial charge in [0.2, 0.25) is 8.10 Å². The first-order chi connectivity index (χ1) is 7.86. The van der Waals surface area contributed by atoms with Gasteiger partial charge in [0.1, 0.15) is 5.52 Å². The monoisotopic (exact) mass is 236 g/mol. The van der Waals surface area contributed by atoms with Gasteiger partial charge >= 0.3 is 0 Å². The zero-order chi connectivity index (χ0) is 11.0. The fraction of sp³-hybridized carbons (Fsp3) is 0.400. The summed E-state index contributed by atoms with van der Waals surface area (Å²) in [6, 6.07) is 7.63. The maximum Gasteiger partial charge on any atom is 0.249 e. The van der Waals surface area contributed by atoms with E-state index in [1.54, 1.807) is 4.45 Å². The molecule has 6 heteroatoms. The van der Waals surface area contributed by atoms with Gasteiger partial charge in [0.15, 0.2) is 0 Å². The lowest BCUT2D eigenvalue weighted by Gasteiger charge is -2.13. The number of rotatable bonds is 2. The van der Waals surface area contributed by atoms with E-state index in [4.69, 9.17) is 0 Å². The summed E-state index contributed by atoms with van der Waals surface area (Å²) in [5.41, 5.74) is 1.67. The standard InChI is InChI=1S/C10H13N4OP/c15-16(13-7-3-4-8-13)14-10-6-2-1-5-9(10)11-12-14/h1-2,5-6,16H,3-4,7-8H2. The van der Waals surface area contributed by atoms with E-state index >= 15 is 0 Å². The minimum Gasteiger partial charge on any atom is -0.284 e. The molecule has 3 rings (SSSR count). The van der Waals surface area contributed by atoms with E-state index in [-0.39, 0.29) is 0 Å². The van der Waals surface area contributed by atoms with Gasteiger partial charge in [-0.1, -0.05) is 17.3 Å². The second kappa shape index (κ2) is 4.00. The fourth-order valence-electron chi connectivity index (χ4n) is 2.05. The van der Waals surface area contributed by atoms with Gasteiger partial charge in [-0.3, -0.25) is 4.57 Å². The van der Waals surface area contributed by atoms with Crippen molar-refractivity contribution in [2.24, 2.45) is 0 Å². The first-order valence-electron chi connectivity index (χ1n) is 5.46. The van der Waals surface area contributed by atoms with E-state index in [0.29, 0.717) is 0 Å². The average Bonchev–Trinajstić information content (AvgIpc) is 2.98. The molecule has 0 N–H and O–H groups in total. The number of fused-ring (bicyclic) bond motifs is 1. The van der Waals surface area contributed by atoms with Crippen LogP contribution in [-0.4, -0.2) is 32.5 Å². The van der Waals surface area contributed by atoms with Crippen LogP contribution in [0.25, 0.3) is 11.0 Å². The Labute approximate surface area is 93.9 Å². The van der Waals surface area contributed by atoms with Crippen molar-refractivity contribution in [1.82, 2.24) is 19.4 Å². The van der Waals surface area contributed by atoms with Crippen LogP contribution in [0.2, 0.25) is 0 Å². The topological polar surface area (TPSA) is 51.0 Å². The van der Waals surface area contributed by atoms with Crippen molar-refractivity contribution in [3.63, 3.8) is 0 Å². The van der Waals surface area contributed by atoms with Crippen LogP contribution in [0, 0.1) is 0 Å². The number of benzene rings is 1. The highest BCUT2D eigenvalue weighted by molar-refractivity contribution is 7.40. The van der Waals surface area contributed by atoms with Gasteiger partial charge in [0, 0.05) is 13.1 Å².